The summed E-state index contributed by atoms with van der Waals surface area (Å²) in [6.07, 6.45) is 4.44. The molecule has 1 heterocycles. The maximum Gasteiger partial charge on any atom is 0.192 e. The highest BCUT2D eigenvalue weighted by molar-refractivity contribution is 7.90. The van der Waals surface area contributed by atoms with E-state index in [1.165, 1.54) is 6.20 Å². The van der Waals surface area contributed by atoms with Crippen molar-refractivity contribution >= 4 is 9.84 Å². The van der Waals surface area contributed by atoms with E-state index in [2.05, 4.69) is 4.98 Å². The Hall–Kier alpha value is -0.940. The van der Waals surface area contributed by atoms with Gasteiger partial charge in [0, 0.05) is 18.5 Å². The van der Waals surface area contributed by atoms with E-state index in [-0.39, 0.29) is 11.1 Å². The average molecular weight is 228 g/mol. The topological polar surface area (TPSA) is 73.0 Å². The van der Waals surface area contributed by atoms with Crippen molar-refractivity contribution in [3.05, 3.63) is 23.9 Å². The van der Waals surface area contributed by atoms with Crippen LogP contribution in [0.4, 0.5) is 0 Å². The zero-order valence-corrected chi connectivity index (χ0v) is 9.79. The van der Waals surface area contributed by atoms with Crippen LogP contribution in [0, 0.1) is 0 Å². The van der Waals surface area contributed by atoms with Gasteiger partial charge in [0.05, 0.1) is 0 Å². The predicted molar refractivity (Wildman–Crippen MR) is 59.2 cm³/mol. The summed E-state index contributed by atoms with van der Waals surface area (Å²) in [6.45, 7) is 2.04. The van der Waals surface area contributed by atoms with Gasteiger partial charge in [0.1, 0.15) is 0 Å². The number of rotatable bonds is 4. The molecular weight excluding hydrogens is 212 g/mol. The molecule has 84 valence electrons. The second kappa shape index (κ2) is 4.72. The molecule has 0 radical (unpaired) electrons. The van der Waals surface area contributed by atoms with Gasteiger partial charge in [-0.15, -0.1) is 0 Å². The zero-order chi connectivity index (χ0) is 11.5. The zero-order valence-electron chi connectivity index (χ0n) is 8.97. The lowest BCUT2D eigenvalue weighted by Gasteiger charge is -2.10. The molecule has 0 saturated heterocycles. The van der Waals surface area contributed by atoms with Gasteiger partial charge in [0.2, 0.25) is 0 Å². The fourth-order valence-electron chi connectivity index (χ4n) is 1.34. The Bertz CT molecular complexity index is 429. The van der Waals surface area contributed by atoms with E-state index >= 15 is 0 Å². The molecule has 0 aliphatic carbocycles. The molecule has 0 aliphatic rings. The summed E-state index contributed by atoms with van der Waals surface area (Å²) in [6, 6.07) is 3.20. The Morgan fingerprint density at radius 2 is 2.20 bits per heavy atom. The van der Waals surface area contributed by atoms with Crippen molar-refractivity contribution in [2.45, 2.75) is 30.8 Å². The lowest BCUT2D eigenvalue weighted by atomic mass is 10.1. The van der Waals surface area contributed by atoms with Crippen LogP contribution < -0.4 is 5.73 Å². The SMILES string of the molecule is CCC[C@H](N)c1ccnc(S(C)(=O)=O)c1. The van der Waals surface area contributed by atoms with E-state index in [0.717, 1.165) is 24.7 Å². The lowest BCUT2D eigenvalue weighted by Crippen LogP contribution is -2.11. The summed E-state index contributed by atoms with van der Waals surface area (Å²) in [5, 5.41) is 0.0894. The first-order chi connectivity index (χ1) is 6.95. The van der Waals surface area contributed by atoms with E-state index in [0.29, 0.717) is 0 Å². The molecule has 1 aromatic heterocycles. The summed E-state index contributed by atoms with van der Waals surface area (Å²) in [4.78, 5) is 3.81. The fraction of sp³-hybridized carbons (Fsp3) is 0.500. The number of aromatic nitrogens is 1. The van der Waals surface area contributed by atoms with E-state index in [4.69, 9.17) is 5.73 Å². The molecule has 0 amide bonds. The second-order valence-electron chi connectivity index (χ2n) is 3.59. The first kappa shape index (κ1) is 12.1. The summed E-state index contributed by atoms with van der Waals surface area (Å²) < 4.78 is 22.5. The number of nitrogens with zero attached hydrogens (tertiary/aromatic N) is 1. The van der Waals surface area contributed by atoms with Crippen molar-refractivity contribution in [1.82, 2.24) is 4.98 Å². The van der Waals surface area contributed by atoms with E-state index < -0.39 is 9.84 Å². The van der Waals surface area contributed by atoms with Gasteiger partial charge in [-0.3, -0.25) is 0 Å². The third-order valence-corrected chi connectivity index (χ3v) is 3.15. The highest BCUT2D eigenvalue weighted by Crippen LogP contribution is 2.17. The highest BCUT2D eigenvalue weighted by Gasteiger charge is 2.12. The molecule has 1 rings (SSSR count). The van der Waals surface area contributed by atoms with Gasteiger partial charge in [0.15, 0.2) is 14.9 Å². The van der Waals surface area contributed by atoms with Crippen LogP contribution in [-0.4, -0.2) is 19.7 Å². The lowest BCUT2D eigenvalue weighted by molar-refractivity contribution is 0.596. The van der Waals surface area contributed by atoms with Gasteiger partial charge in [-0.1, -0.05) is 13.3 Å². The third-order valence-electron chi connectivity index (χ3n) is 2.17. The number of pyridine rings is 1. The minimum atomic E-state index is -3.24. The quantitative estimate of drug-likeness (QED) is 0.842. The van der Waals surface area contributed by atoms with Crippen LogP contribution in [0.3, 0.4) is 0 Å². The standard InChI is InChI=1S/C10H16N2O2S/c1-3-4-9(11)8-5-6-12-10(7-8)15(2,13)14/h5-7,9H,3-4,11H2,1-2H3/t9-/m0/s1. The van der Waals surface area contributed by atoms with E-state index in [1.54, 1.807) is 12.1 Å². The Morgan fingerprint density at radius 3 is 2.73 bits per heavy atom. The second-order valence-corrected chi connectivity index (χ2v) is 5.56. The maximum atomic E-state index is 11.3. The number of sulfone groups is 1. The van der Waals surface area contributed by atoms with E-state index in [9.17, 15) is 8.42 Å². The van der Waals surface area contributed by atoms with Gasteiger partial charge < -0.3 is 5.73 Å². The minimum Gasteiger partial charge on any atom is -0.324 e. The molecule has 0 spiro atoms. The van der Waals surface area contributed by atoms with Gasteiger partial charge in [-0.2, -0.15) is 0 Å². The maximum absolute atomic E-state index is 11.3. The molecular formula is C10H16N2O2S. The molecule has 0 aromatic carbocycles. The van der Waals surface area contributed by atoms with Crippen molar-refractivity contribution in [3.63, 3.8) is 0 Å². The summed E-state index contributed by atoms with van der Waals surface area (Å²) in [5.41, 5.74) is 6.72. The van der Waals surface area contributed by atoms with Gasteiger partial charge in [-0.05, 0) is 24.1 Å². The molecule has 15 heavy (non-hydrogen) atoms. The Morgan fingerprint density at radius 1 is 1.53 bits per heavy atom. The molecule has 2 N–H and O–H groups in total. The molecule has 5 heteroatoms. The van der Waals surface area contributed by atoms with E-state index in [1.807, 2.05) is 6.92 Å². The fourth-order valence-corrected chi connectivity index (χ4v) is 1.94. The van der Waals surface area contributed by atoms with Crippen molar-refractivity contribution in [2.24, 2.45) is 5.73 Å². The Kier molecular flexibility index (Phi) is 3.82. The molecule has 0 fully saturated rings. The Balaban J connectivity index is 3.03. The predicted octanol–water partition coefficient (Wildman–Crippen LogP) is 1.29. The van der Waals surface area contributed by atoms with Crippen molar-refractivity contribution < 1.29 is 8.42 Å². The number of hydrogen-bond acceptors (Lipinski definition) is 4. The van der Waals surface area contributed by atoms with Crippen LogP contribution in [0.15, 0.2) is 23.4 Å². The molecule has 1 aromatic rings. The summed E-state index contributed by atoms with van der Waals surface area (Å²) in [5.74, 6) is 0. The normalized spacial score (nSPS) is 13.8. The van der Waals surface area contributed by atoms with Crippen LogP contribution in [-0.2, 0) is 9.84 Å². The van der Waals surface area contributed by atoms with Crippen LogP contribution >= 0.6 is 0 Å². The van der Waals surface area contributed by atoms with Crippen LogP contribution in [0.25, 0.3) is 0 Å². The average Bonchev–Trinajstić information content (AvgIpc) is 2.17. The van der Waals surface area contributed by atoms with Crippen LogP contribution in [0.1, 0.15) is 31.4 Å². The van der Waals surface area contributed by atoms with Crippen molar-refractivity contribution in [2.75, 3.05) is 6.26 Å². The summed E-state index contributed by atoms with van der Waals surface area (Å²) >= 11 is 0. The molecule has 1 atom stereocenters. The molecule has 0 bridgehead atoms. The smallest absolute Gasteiger partial charge is 0.192 e. The van der Waals surface area contributed by atoms with Crippen molar-refractivity contribution in [1.29, 1.82) is 0 Å². The number of nitrogens with two attached hydrogens (primary N) is 1. The minimum absolute atomic E-state index is 0.0894. The van der Waals surface area contributed by atoms with Gasteiger partial charge in [-0.25, -0.2) is 13.4 Å². The Labute approximate surface area is 90.4 Å². The molecule has 0 aliphatic heterocycles. The largest absolute Gasteiger partial charge is 0.324 e. The molecule has 0 saturated carbocycles. The third kappa shape index (κ3) is 3.28. The highest BCUT2D eigenvalue weighted by atomic mass is 32.2. The first-order valence-electron chi connectivity index (χ1n) is 4.86. The first-order valence-corrected chi connectivity index (χ1v) is 6.76. The summed E-state index contributed by atoms with van der Waals surface area (Å²) in [7, 11) is -3.24. The monoisotopic (exact) mass is 228 g/mol. The van der Waals surface area contributed by atoms with Gasteiger partial charge >= 0.3 is 0 Å². The van der Waals surface area contributed by atoms with Crippen LogP contribution in [0.2, 0.25) is 0 Å². The van der Waals surface area contributed by atoms with Crippen molar-refractivity contribution in [3.8, 4) is 0 Å². The number of hydrogen-bond donors (Lipinski definition) is 1. The van der Waals surface area contributed by atoms with Gasteiger partial charge in [0.25, 0.3) is 0 Å². The molecule has 4 nitrogen and oxygen atoms in total. The van der Waals surface area contributed by atoms with Crippen LogP contribution in [0.5, 0.6) is 0 Å². The molecule has 0 unspecified atom stereocenters.